The van der Waals surface area contributed by atoms with Crippen molar-refractivity contribution in [2.45, 2.75) is 0 Å². The van der Waals surface area contributed by atoms with E-state index in [-0.39, 0.29) is 0 Å². The molecule has 294 valence electrons. The number of furan rings is 1. The number of para-hydroxylation sites is 4. The maximum Gasteiger partial charge on any atom is 0.160 e. The first-order valence-corrected chi connectivity index (χ1v) is 21.3. The van der Waals surface area contributed by atoms with Crippen LogP contribution in [0.5, 0.6) is 0 Å². The van der Waals surface area contributed by atoms with Gasteiger partial charge >= 0.3 is 0 Å². The first-order chi connectivity index (χ1) is 31.2. The van der Waals surface area contributed by atoms with Gasteiger partial charge in [0.1, 0.15) is 5.58 Å². The quantitative estimate of drug-likeness (QED) is 0.168. The molecule has 0 atom stereocenters. The van der Waals surface area contributed by atoms with Gasteiger partial charge < -0.3 is 13.6 Å². The molecule has 0 aliphatic rings. The molecule has 0 radical (unpaired) electrons. The highest BCUT2D eigenvalue weighted by atomic mass is 16.3. The molecule has 0 aliphatic carbocycles. The fourth-order valence-corrected chi connectivity index (χ4v) is 9.61. The van der Waals surface area contributed by atoms with Crippen molar-refractivity contribution in [3.63, 3.8) is 0 Å². The molecule has 9 aromatic carbocycles. The van der Waals surface area contributed by atoms with Gasteiger partial charge in [0.15, 0.2) is 11.4 Å². The summed E-state index contributed by atoms with van der Waals surface area (Å²) in [6.45, 7) is 0. The Labute approximate surface area is 362 Å². The minimum atomic E-state index is 0.650. The Balaban J connectivity index is 0.946. The fraction of sp³-hybridized carbons (Fsp3) is 0. The van der Waals surface area contributed by atoms with Gasteiger partial charge in [-0.2, -0.15) is 0 Å². The van der Waals surface area contributed by atoms with Crippen LogP contribution in [-0.2, 0) is 0 Å². The predicted molar refractivity (Wildman–Crippen MR) is 260 cm³/mol. The van der Waals surface area contributed by atoms with Crippen molar-refractivity contribution in [3.05, 3.63) is 218 Å². The van der Waals surface area contributed by atoms with Crippen LogP contribution in [0.1, 0.15) is 0 Å². The van der Waals surface area contributed by atoms with Crippen molar-refractivity contribution in [1.82, 2.24) is 19.1 Å². The predicted octanol–water partition coefficient (Wildman–Crippen LogP) is 15.2. The van der Waals surface area contributed by atoms with Crippen LogP contribution in [-0.4, -0.2) is 19.1 Å². The monoisotopic (exact) mass is 804 g/mol. The zero-order valence-electron chi connectivity index (χ0n) is 34.0. The first-order valence-electron chi connectivity index (χ1n) is 21.3. The van der Waals surface area contributed by atoms with Crippen LogP contribution >= 0.6 is 0 Å². The Morgan fingerprint density at radius 1 is 0.317 bits per heavy atom. The number of aromatic nitrogens is 4. The lowest BCUT2D eigenvalue weighted by atomic mass is 10.0. The van der Waals surface area contributed by atoms with Crippen LogP contribution in [0.4, 0.5) is 0 Å². The molecule has 0 saturated carbocycles. The van der Waals surface area contributed by atoms with Gasteiger partial charge in [-0.05, 0) is 83.9 Å². The van der Waals surface area contributed by atoms with Crippen molar-refractivity contribution >= 4 is 65.6 Å². The van der Waals surface area contributed by atoms with Crippen molar-refractivity contribution in [2.75, 3.05) is 0 Å². The SMILES string of the molecule is c1ccc(-c2cc(-c3ccccc3)nc(-c3ccc4c(c3)oc3c(-n5c6ccccc6c6cc(-c7ccc8c(c7)c7ccccc7n8-c7ccccc7)ccc65)cccc34)n2)cc1. The summed E-state index contributed by atoms with van der Waals surface area (Å²) in [5.74, 6) is 0.650. The van der Waals surface area contributed by atoms with Gasteiger partial charge in [0.05, 0.1) is 39.1 Å². The molecule has 4 aromatic heterocycles. The smallest absolute Gasteiger partial charge is 0.160 e. The maximum atomic E-state index is 6.92. The Kier molecular flexibility index (Phi) is 7.84. The summed E-state index contributed by atoms with van der Waals surface area (Å²) in [6, 6.07) is 77.2. The average Bonchev–Trinajstić information content (AvgIpc) is 4.02. The van der Waals surface area contributed by atoms with Crippen molar-refractivity contribution in [3.8, 4) is 56.4 Å². The lowest BCUT2D eigenvalue weighted by Gasteiger charge is -2.10. The first kappa shape index (κ1) is 35.2. The summed E-state index contributed by atoms with van der Waals surface area (Å²) in [4.78, 5) is 10.2. The molecular formula is C58H36N4O. The van der Waals surface area contributed by atoms with E-state index in [1.165, 1.54) is 43.7 Å². The lowest BCUT2D eigenvalue weighted by Crippen LogP contribution is -1.95. The van der Waals surface area contributed by atoms with Crippen molar-refractivity contribution in [2.24, 2.45) is 0 Å². The number of hydrogen-bond donors (Lipinski definition) is 0. The van der Waals surface area contributed by atoms with Crippen LogP contribution in [0.15, 0.2) is 223 Å². The topological polar surface area (TPSA) is 48.8 Å². The number of fused-ring (bicyclic) bond motifs is 9. The molecule has 0 amide bonds. The van der Waals surface area contributed by atoms with E-state index in [2.05, 4.69) is 191 Å². The zero-order valence-corrected chi connectivity index (χ0v) is 34.0. The average molecular weight is 805 g/mol. The molecule has 0 aliphatic heterocycles. The van der Waals surface area contributed by atoms with Gasteiger partial charge in [-0.15, -0.1) is 0 Å². The summed E-state index contributed by atoms with van der Waals surface area (Å²) in [5.41, 5.74) is 15.5. The van der Waals surface area contributed by atoms with Gasteiger partial charge in [-0.3, -0.25) is 0 Å². The van der Waals surface area contributed by atoms with Crippen LogP contribution in [0.25, 0.3) is 122 Å². The van der Waals surface area contributed by atoms with Crippen LogP contribution in [0.3, 0.4) is 0 Å². The highest BCUT2D eigenvalue weighted by molar-refractivity contribution is 6.14. The van der Waals surface area contributed by atoms with Crippen LogP contribution in [0.2, 0.25) is 0 Å². The van der Waals surface area contributed by atoms with E-state index >= 15 is 0 Å². The summed E-state index contributed by atoms with van der Waals surface area (Å²) < 4.78 is 11.6. The van der Waals surface area contributed by atoms with E-state index in [1.54, 1.807) is 0 Å². The van der Waals surface area contributed by atoms with Gasteiger partial charge in [-0.1, -0.05) is 146 Å². The summed E-state index contributed by atoms with van der Waals surface area (Å²) in [6.07, 6.45) is 0. The van der Waals surface area contributed by atoms with E-state index in [4.69, 9.17) is 14.4 Å². The van der Waals surface area contributed by atoms with Gasteiger partial charge in [0.25, 0.3) is 0 Å². The van der Waals surface area contributed by atoms with E-state index in [0.717, 1.165) is 72.4 Å². The second-order valence-electron chi connectivity index (χ2n) is 16.2. The summed E-state index contributed by atoms with van der Waals surface area (Å²) >= 11 is 0. The second-order valence-corrected chi connectivity index (χ2v) is 16.2. The number of nitrogens with zero attached hydrogens (tertiary/aromatic N) is 4. The molecule has 0 bridgehead atoms. The molecule has 5 nitrogen and oxygen atoms in total. The molecule has 63 heavy (non-hydrogen) atoms. The molecule has 5 heteroatoms. The van der Waals surface area contributed by atoms with E-state index < -0.39 is 0 Å². The molecule has 0 N–H and O–H groups in total. The van der Waals surface area contributed by atoms with Gasteiger partial charge in [-0.25, -0.2) is 9.97 Å². The normalized spacial score (nSPS) is 11.8. The summed E-state index contributed by atoms with van der Waals surface area (Å²) in [7, 11) is 0. The minimum Gasteiger partial charge on any atom is -0.454 e. The Bertz CT molecular complexity index is 3840. The molecule has 0 spiro atoms. The highest BCUT2D eigenvalue weighted by Gasteiger charge is 2.20. The van der Waals surface area contributed by atoms with Crippen LogP contribution < -0.4 is 0 Å². The molecule has 0 fully saturated rings. The molecule has 0 saturated heterocycles. The third-order valence-electron chi connectivity index (χ3n) is 12.5. The van der Waals surface area contributed by atoms with Crippen LogP contribution in [0, 0.1) is 0 Å². The standard InChI is InChI=1S/C58H36N4O/c1-4-15-37(16-5-1)49-36-50(38-17-6-2-7-18-38)60-58(59-49)41-27-30-45-46-23-14-26-55(57(46)63-56(45)35-41)62-52-25-13-11-22-44(52)48-34-40(29-32-54(48)62)39-28-31-53-47(33-39)43-21-10-12-24-51(43)61(53)42-19-8-3-9-20-42/h1-36H. The van der Waals surface area contributed by atoms with Crippen molar-refractivity contribution < 1.29 is 4.42 Å². The number of benzene rings is 9. The Morgan fingerprint density at radius 2 is 0.825 bits per heavy atom. The van der Waals surface area contributed by atoms with E-state index in [1.807, 2.05) is 36.4 Å². The van der Waals surface area contributed by atoms with Gasteiger partial charge in [0, 0.05) is 54.7 Å². The molecule has 13 aromatic rings. The van der Waals surface area contributed by atoms with E-state index in [9.17, 15) is 0 Å². The zero-order chi connectivity index (χ0) is 41.4. The Hall–Kier alpha value is -8.54. The van der Waals surface area contributed by atoms with Crippen molar-refractivity contribution in [1.29, 1.82) is 0 Å². The van der Waals surface area contributed by atoms with Gasteiger partial charge in [0.2, 0.25) is 0 Å². The Morgan fingerprint density at radius 3 is 1.46 bits per heavy atom. The lowest BCUT2D eigenvalue weighted by molar-refractivity contribution is 0.666. The fourth-order valence-electron chi connectivity index (χ4n) is 9.61. The minimum absolute atomic E-state index is 0.650. The third-order valence-corrected chi connectivity index (χ3v) is 12.5. The second kappa shape index (κ2) is 14.0. The number of rotatable bonds is 6. The highest BCUT2D eigenvalue weighted by Crippen LogP contribution is 2.41. The summed E-state index contributed by atoms with van der Waals surface area (Å²) in [5, 5.41) is 6.97. The van der Waals surface area contributed by atoms with E-state index in [0.29, 0.717) is 5.82 Å². The number of hydrogen-bond acceptors (Lipinski definition) is 3. The molecule has 0 unspecified atom stereocenters. The maximum absolute atomic E-state index is 6.92. The molecule has 4 heterocycles. The largest absolute Gasteiger partial charge is 0.454 e. The molecule has 13 rings (SSSR count). The third kappa shape index (κ3) is 5.64. The molecular weight excluding hydrogens is 769 g/mol.